The first-order chi connectivity index (χ1) is 9.85. The summed E-state index contributed by atoms with van der Waals surface area (Å²) in [7, 11) is 0. The zero-order valence-electron chi connectivity index (χ0n) is 11.7. The van der Waals surface area contributed by atoms with E-state index >= 15 is 0 Å². The summed E-state index contributed by atoms with van der Waals surface area (Å²) < 4.78 is 1.89. The van der Waals surface area contributed by atoms with E-state index in [4.69, 9.17) is 10.2 Å². The molecule has 2 N–H and O–H groups in total. The van der Waals surface area contributed by atoms with Crippen LogP contribution >= 0.6 is 31.9 Å². The first-order valence-corrected chi connectivity index (χ1v) is 7.79. The fourth-order valence-electron chi connectivity index (χ4n) is 1.46. The molecule has 0 atom stereocenters. The number of hydrogen-bond acceptors (Lipinski definition) is 2. The number of halogens is 2. The Balaban J connectivity index is 0.000000211. The van der Waals surface area contributed by atoms with Gasteiger partial charge in [0.2, 0.25) is 0 Å². The van der Waals surface area contributed by atoms with Crippen LogP contribution in [0.25, 0.3) is 0 Å². The number of aliphatic hydroxyl groups is 1. The summed E-state index contributed by atoms with van der Waals surface area (Å²) in [5.41, 5.74) is 3.48. The van der Waals surface area contributed by atoms with Gasteiger partial charge in [0.1, 0.15) is 0 Å². The molecule has 0 saturated heterocycles. The molecule has 0 heterocycles. The smallest absolute Gasteiger partial charge is 0.335 e. The number of carboxylic acids is 1. The molecule has 0 aliphatic heterocycles. The van der Waals surface area contributed by atoms with Gasteiger partial charge in [-0.1, -0.05) is 50.1 Å². The summed E-state index contributed by atoms with van der Waals surface area (Å²) in [5.74, 6) is -0.897. The maximum absolute atomic E-state index is 10.4. The maximum atomic E-state index is 10.4. The Labute approximate surface area is 140 Å². The van der Waals surface area contributed by atoms with E-state index in [0.29, 0.717) is 5.56 Å². The standard InChI is InChI=1S/C8H7BrO2.C8H9BrO/c1-5-2-3-6(8(10)11)4-7(5)9;1-6-2-3-7(5-10)4-8(6)9/h2-4H,1H3,(H,10,11);2-4,10H,5H2,1H3. The van der Waals surface area contributed by atoms with Crippen molar-refractivity contribution >= 4 is 37.8 Å². The number of aliphatic hydroxyl groups excluding tert-OH is 1. The molecule has 0 aliphatic rings. The van der Waals surface area contributed by atoms with Crippen LogP contribution in [0.3, 0.4) is 0 Å². The molecule has 0 fully saturated rings. The average molecular weight is 416 g/mol. The van der Waals surface area contributed by atoms with Gasteiger partial charge >= 0.3 is 5.97 Å². The van der Waals surface area contributed by atoms with Crippen molar-refractivity contribution in [2.75, 3.05) is 0 Å². The first-order valence-electron chi connectivity index (χ1n) is 6.20. The van der Waals surface area contributed by atoms with E-state index < -0.39 is 5.97 Å². The number of carboxylic acid groups (broad SMARTS) is 1. The lowest BCUT2D eigenvalue weighted by Gasteiger charge is -1.99. The third kappa shape index (κ3) is 5.61. The lowest BCUT2D eigenvalue weighted by atomic mass is 10.2. The molecule has 0 aromatic heterocycles. The van der Waals surface area contributed by atoms with Gasteiger partial charge in [-0.2, -0.15) is 0 Å². The van der Waals surface area contributed by atoms with Crippen LogP contribution in [0.2, 0.25) is 0 Å². The third-order valence-electron chi connectivity index (χ3n) is 2.84. The van der Waals surface area contributed by atoms with Crippen molar-refractivity contribution in [2.24, 2.45) is 0 Å². The van der Waals surface area contributed by atoms with E-state index in [-0.39, 0.29) is 6.61 Å². The Morgan fingerprint density at radius 1 is 1.00 bits per heavy atom. The SMILES string of the molecule is Cc1ccc(C(=O)O)cc1Br.Cc1ccc(CO)cc1Br. The highest BCUT2D eigenvalue weighted by Gasteiger charge is 2.03. The van der Waals surface area contributed by atoms with Crippen LogP contribution in [-0.2, 0) is 6.61 Å². The first kappa shape index (κ1) is 17.9. The Morgan fingerprint density at radius 2 is 1.52 bits per heavy atom. The van der Waals surface area contributed by atoms with Crippen molar-refractivity contribution in [3.05, 3.63) is 67.6 Å². The van der Waals surface area contributed by atoms with Crippen LogP contribution in [0, 0.1) is 13.8 Å². The zero-order valence-corrected chi connectivity index (χ0v) is 14.9. The number of aromatic carboxylic acids is 1. The van der Waals surface area contributed by atoms with Gasteiger partial charge < -0.3 is 10.2 Å². The highest BCUT2D eigenvalue weighted by atomic mass is 79.9. The van der Waals surface area contributed by atoms with E-state index in [1.165, 1.54) is 5.56 Å². The molecule has 21 heavy (non-hydrogen) atoms. The molecule has 112 valence electrons. The van der Waals surface area contributed by atoms with Crippen molar-refractivity contribution in [1.82, 2.24) is 0 Å². The average Bonchev–Trinajstić information content (AvgIpc) is 2.45. The lowest BCUT2D eigenvalue weighted by Crippen LogP contribution is -1.95. The quantitative estimate of drug-likeness (QED) is 0.746. The van der Waals surface area contributed by atoms with Crippen LogP contribution in [0.5, 0.6) is 0 Å². The highest BCUT2D eigenvalue weighted by molar-refractivity contribution is 9.10. The second kappa shape index (κ2) is 8.32. The molecule has 2 aromatic carbocycles. The van der Waals surface area contributed by atoms with E-state index in [0.717, 1.165) is 20.1 Å². The largest absolute Gasteiger partial charge is 0.478 e. The number of benzene rings is 2. The summed E-state index contributed by atoms with van der Waals surface area (Å²) in [5, 5.41) is 17.3. The van der Waals surface area contributed by atoms with Crippen LogP contribution in [0.4, 0.5) is 0 Å². The molecule has 5 heteroatoms. The molecular weight excluding hydrogens is 400 g/mol. The van der Waals surface area contributed by atoms with Crippen LogP contribution in [0.15, 0.2) is 45.3 Å². The van der Waals surface area contributed by atoms with Gasteiger partial charge in [-0.3, -0.25) is 0 Å². The molecule has 3 nitrogen and oxygen atoms in total. The highest BCUT2D eigenvalue weighted by Crippen LogP contribution is 2.17. The van der Waals surface area contributed by atoms with Gasteiger partial charge in [0.05, 0.1) is 12.2 Å². The summed E-state index contributed by atoms with van der Waals surface area (Å²) in [4.78, 5) is 10.4. The summed E-state index contributed by atoms with van der Waals surface area (Å²) in [6.07, 6.45) is 0. The van der Waals surface area contributed by atoms with Crippen LogP contribution in [0.1, 0.15) is 27.0 Å². The van der Waals surface area contributed by atoms with Crippen molar-refractivity contribution in [1.29, 1.82) is 0 Å². The fourth-order valence-corrected chi connectivity index (χ4v) is 2.27. The Bertz CT molecular complexity index is 639. The van der Waals surface area contributed by atoms with Gasteiger partial charge in [-0.25, -0.2) is 4.79 Å². The fraction of sp³-hybridized carbons (Fsp3) is 0.188. The second-order valence-corrected chi connectivity index (χ2v) is 6.22. The van der Waals surface area contributed by atoms with Crippen molar-refractivity contribution in [2.45, 2.75) is 20.5 Å². The normalized spacial score (nSPS) is 9.76. The number of carbonyl (C=O) groups is 1. The molecule has 2 aromatic rings. The predicted molar refractivity (Wildman–Crippen MR) is 90.6 cm³/mol. The van der Waals surface area contributed by atoms with Gasteiger partial charge in [0.15, 0.2) is 0 Å². The zero-order chi connectivity index (χ0) is 16.0. The topological polar surface area (TPSA) is 57.5 Å². The molecular formula is C16H16Br2O3. The molecule has 0 bridgehead atoms. The van der Waals surface area contributed by atoms with Crippen molar-refractivity contribution < 1.29 is 15.0 Å². The Kier molecular flexibility index (Phi) is 7.08. The van der Waals surface area contributed by atoms with E-state index in [1.54, 1.807) is 18.2 Å². The minimum atomic E-state index is -0.897. The van der Waals surface area contributed by atoms with Gasteiger partial charge in [0.25, 0.3) is 0 Å². The Hall–Kier alpha value is -1.17. The van der Waals surface area contributed by atoms with Crippen LogP contribution in [-0.4, -0.2) is 16.2 Å². The minimum Gasteiger partial charge on any atom is -0.478 e. The van der Waals surface area contributed by atoms with E-state index in [2.05, 4.69) is 31.9 Å². The predicted octanol–water partition coefficient (Wildman–Crippen LogP) is 4.71. The summed E-state index contributed by atoms with van der Waals surface area (Å²) in [6, 6.07) is 10.8. The molecule has 0 radical (unpaired) electrons. The molecule has 0 saturated carbocycles. The van der Waals surface area contributed by atoms with E-state index in [1.807, 2.05) is 32.0 Å². The monoisotopic (exact) mass is 414 g/mol. The molecule has 0 amide bonds. The van der Waals surface area contributed by atoms with E-state index in [9.17, 15) is 4.79 Å². The second-order valence-electron chi connectivity index (χ2n) is 4.51. The van der Waals surface area contributed by atoms with Gasteiger partial charge in [-0.15, -0.1) is 0 Å². The lowest BCUT2D eigenvalue weighted by molar-refractivity contribution is 0.0697. The summed E-state index contributed by atoms with van der Waals surface area (Å²) >= 11 is 6.63. The Morgan fingerprint density at radius 3 is 1.95 bits per heavy atom. The van der Waals surface area contributed by atoms with Crippen LogP contribution < -0.4 is 0 Å². The van der Waals surface area contributed by atoms with Gasteiger partial charge in [0, 0.05) is 8.95 Å². The third-order valence-corrected chi connectivity index (χ3v) is 4.55. The van der Waals surface area contributed by atoms with Crippen molar-refractivity contribution in [3.8, 4) is 0 Å². The number of rotatable bonds is 2. The number of aryl methyl sites for hydroxylation is 2. The molecule has 2 rings (SSSR count). The summed E-state index contributed by atoms with van der Waals surface area (Å²) in [6.45, 7) is 4.04. The molecule has 0 aliphatic carbocycles. The number of hydrogen-bond donors (Lipinski definition) is 2. The minimum absolute atomic E-state index is 0.110. The molecule has 0 spiro atoms. The maximum Gasteiger partial charge on any atom is 0.335 e. The molecule has 0 unspecified atom stereocenters. The van der Waals surface area contributed by atoms with Crippen molar-refractivity contribution in [3.63, 3.8) is 0 Å². The van der Waals surface area contributed by atoms with Gasteiger partial charge in [-0.05, 0) is 48.7 Å².